The molecule has 1 saturated heterocycles. The summed E-state index contributed by atoms with van der Waals surface area (Å²) in [4.78, 5) is 16.3. The van der Waals surface area contributed by atoms with E-state index in [2.05, 4.69) is 25.2 Å². The van der Waals surface area contributed by atoms with Gasteiger partial charge >= 0.3 is 0 Å². The van der Waals surface area contributed by atoms with Crippen molar-refractivity contribution in [1.82, 2.24) is 19.5 Å². The van der Waals surface area contributed by atoms with Crippen molar-refractivity contribution in [1.29, 1.82) is 0 Å². The normalized spacial score (nSPS) is 19.5. The fourth-order valence-electron chi connectivity index (χ4n) is 5.36. The van der Waals surface area contributed by atoms with Gasteiger partial charge in [-0.05, 0) is 81.1 Å². The molecule has 42 heavy (non-hydrogen) atoms. The molecule has 0 bridgehead atoms. The van der Waals surface area contributed by atoms with Crippen molar-refractivity contribution in [2.75, 3.05) is 46.6 Å². The Bertz CT molecular complexity index is 1610. The molecule has 4 aromatic rings. The average molecular weight is 593 g/mol. The number of fused-ring (bicyclic) bond motifs is 1. The Morgan fingerprint density at radius 1 is 0.952 bits per heavy atom. The third kappa shape index (κ3) is 6.27. The van der Waals surface area contributed by atoms with Gasteiger partial charge in [-0.3, -0.25) is 4.72 Å². The van der Waals surface area contributed by atoms with Crippen LogP contribution in [0.5, 0.6) is 0 Å². The number of aryl methyl sites for hydroxylation is 1. The van der Waals surface area contributed by atoms with Gasteiger partial charge in [0, 0.05) is 42.7 Å². The van der Waals surface area contributed by atoms with Crippen LogP contribution in [0.25, 0.3) is 11.2 Å². The molecule has 3 heterocycles. The standard InChI is InChI=1S/C29H36N8O4S/c1-2-36-19-30-26-27(33-29(34-28(26)36)32-21-5-11-24(38)12-6-21)31-20-7-13-25(14-8-20)42(39,40)35-22-3-9-23(10-4-22)37-15-17-41-18-16-37/h3-4,7-10,13-14,19,21,24,35,38H,2,5-6,11-12,15-18H2,1H3,(H2,31,32,33,34). The van der Waals surface area contributed by atoms with Gasteiger partial charge in [0.05, 0.1) is 30.5 Å². The molecule has 0 atom stereocenters. The van der Waals surface area contributed by atoms with E-state index in [0.29, 0.717) is 54.1 Å². The third-order valence-corrected chi connectivity index (χ3v) is 9.15. The number of aromatic nitrogens is 4. The Balaban J connectivity index is 1.17. The van der Waals surface area contributed by atoms with Gasteiger partial charge in [0.25, 0.3) is 10.0 Å². The summed E-state index contributed by atoms with van der Waals surface area (Å²) in [6.45, 7) is 5.74. The lowest BCUT2D eigenvalue weighted by Crippen LogP contribution is -2.36. The van der Waals surface area contributed by atoms with E-state index in [0.717, 1.165) is 44.5 Å². The van der Waals surface area contributed by atoms with Gasteiger partial charge in [-0.15, -0.1) is 0 Å². The molecule has 0 radical (unpaired) electrons. The summed E-state index contributed by atoms with van der Waals surface area (Å²) in [7, 11) is -3.78. The minimum absolute atomic E-state index is 0.148. The minimum Gasteiger partial charge on any atom is -0.393 e. The minimum atomic E-state index is -3.78. The van der Waals surface area contributed by atoms with E-state index >= 15 is 0 Å². The Kier molecular flexibility index (Phi) is 8.13. The first-order chi connectivity index (χ1) is 20.4. The number of nitrogens with zero attached hydrogens (tertiary/aromatic N) is 5. The number of benzene rings is 2. The van der Waals surface area contributed by atoms with Gasteiger partial charge in [0.15, 0.2) is 17.0 Å². The molecule has 2 aromatic heterocycles. The van der Waals surface area contributed by atoms with E-state index in [1.54, 1.807) is 42.7 Å². The van der Waals surface area contributed by atoms with Crippen molar-refractivity contribution < 1.29 is 18.3 Å². The molecule has 2 fully saturated rings. The third-order valence-electron chi connectivity index (χ3n) is 7.76. The molecule has 1 aliphatic carbocycles. The Hall–Kier alpha value is -3.94. The second kappa shape index (κ2) is 12.1. The molecule has 1 aliphatic heterocycles. The highest BCUT2D eigenvalue weighted by atomic mass is 32.2. The van der Waals surface area contributed by atoms with E-state index in [1.165, 1.54) is 0 Å². The maximum atomic E-state index is 13.1. The molecule has 0 unspecified atom stereocenters. The number of anilines is 5. The van der Waals surface area contributed by atoms with Crippen molar-refractivity contribution in [3.05, 3.63) is 54.9 Å². The lowest BCUT2D eigenvalue weighted by Gasteiger charge is -2.28. The van der Waals surface area contributed by atoms with E-state index in [4.69, 9.17) is 14.7 Å². The summed E-state index contributed by atoms with van der Waals surface area (Å²) in [5.74, 6) is 1.02. The molecule has 12 nitrogen and oxygen atoms in total. The molecular weight excluding hydrogens is 556 g/mol. The predicted molar refractivity (Wildman–Crippen MR) is 163 cm³/mol. The molecule has 4 N–H and O–H groups in total. The van der Waals surface area contributed by atoms with Gasteiger partial charge in [0.1, 0.15) is 0 Å². The number of hydrogen-bond donors (Lipinski definition) is 4. The van der Waals surface area contributed by atoms with Crippen LogP contribution in [0, 0.1) is 0 Å². The molecule has 222 valence electrons. The first kappa shape index (κ1) is 28.2. The fraction of sp³-hybridized carbons (Fsp3) is 0.414. The molecule has 2 aromatic carbocycles. The Morgan fingerprint density at radius 3 is 2.33 bits per heavy atom. The molecule has 2 aliphatic rings. The molecule has 13 heteroatoms. The van der Waals surface area contributed by atoms with Crippen molar-refractivity contribution in [3.8, 4) is 0 Å². The Morgan fingerprint density at radius 2 is 1.64 bits per heavy atom. The Labute approximate surface area is 245 Å². The monoisotopic (exact) mass is 592 g/mol. The van der Waals surface area contributed by atoms with Gasteiger partial charge in [0.2, 0.25) is 5.95 Å². The topological polar surface area (TPSA) is 147 Å². The van der Waals surface area contributed by atoms with Gasteiger partial charge in [-0.2, -0.15) is 9.97 Å². The van der Waals surface area contributed by atoms with Gasteiger partial charge in [-0.25, -0.2) is 13.4 Å². The number of imidazole rings is 1. The summed E-state index contributed by atoms with van der Waals surface area (Å²) in [5.41, 5.74) is 3.53. The quantitative estimate of drug-likeness (QED) is 0.225. The first-order valence-electron chi connectivity index (χ1n) is 14.4. The summed E-state index contributed by atoms with van der Waals surface area (Å²) < 4.78 is 36.2. The number of ether oxygens (including phenoxy) is 1. The second-order valence-corrected chi connectivity index (χ2v) is 12.3. The zero-order chi connectivity index (χ0) is 29.1. The summed E-state index contributed by atoms with van der Waals surface area (Å²) in [6, 6.07) is 14.1. The number of aliphatic hydroxyl groups excluding tert-OH is 1. The maximum absolute atomic E-state index is 13.1. The van der Waals surface area contributed by atoms with E-state index in [1.807, 2.05) is 23.6 Å². The van der Waals surface area contributed by atoms with Gasteiger partial charge < -0.3 is 29.9 Å². The van der Waals surface area contributed by atoms with Crippen LogP contribution in [0.15, 0.2) is 59.8 Å². The van der Waals surface area contributed by atoms with Crippen molar-refractivity contribution in [3.63, 3.8) is 0 Å². The molecule has 1 saturated carbocycles. The molecular formula is C29H36N8O4S. The van der Waals surface area contributed by atoms with Crippen LogP contribution in [0.4, 0.5) is 28.8 Å². The van der Waals surface area contributed by atoms with Crippen molar-refractivity contribution in [2.45, 2.75) is 56.2 Å². The SMILES string of the molecule is CCn1cnc2c(Nc3ccc(S(=O)(=O)Nc4ccc(N5CCOCC5)cc4)cc3)nc(NC3CCC(O)CC3)nc21. The van der Waals surface area contributed by atoms with Crippen LogP contribution in [0.1, 0.15) is 32.6 Å². The van der Waals surface area contributed by atoms with Crippen molar-refractivity contribution in [2.24, 2.45) is 0 Å². The number of hydrogen-bond acceptors (Lipinski definition) is 10. The van der Waals surface area contributed by atoms with Crippen LogP contribution >= 0.6 is 0 Å². The van der Waals surface area contributed by atoms with E-state index < -0.39 is 10.0 Å². The van der Waals surface area contributed by atoms with Crippen LogP contribution in [0.2, 0.25) is 0 Å². The van der Waals surface area contributed by atoms with Crippen LogP contribution < -0.4 is 20.3 Å². The van der Waals surface area contributed by atoms with Crippen molar-refractivity contribution >= 4 is 50.0 Å². The zero-order valence-electron chi connectivity index (χ0n) is 23.5. The summed E-state index contributed by atoms with van der Waals surface area (Å²) in [5, 5.41) is 16.6. The van der Waals surface area contributed by atoms with E-state index in [-0.39, 0.29) is 17.0 Å². The second-order valence-electron chi connectivity index (χ2n) is 10.6. The lowest BCUT2D eigenvalue weighted by molar-refractivity contribution is 0.122. The maximum Gasteiger partial charge on any atom is 0.261 e. The zero-order valence-corrected chi connectivity index (χ0v) is 24.3. The number of rotatable bonds is 9. The highest BCUT2D eigenvalue weighted by Crippen LogP contribution is 2.28. The van der Waals surface area contributed by atoms with E-state index in [9.17, 15) is 13.5 Å². The number of morpholine rings is 1. The first-order valence-corrected chi connectivity index (χ1v) is 15.9. The average Bonchev–Trinajstić information content (AvgIpc) is 3.43. The summed E-state index contributed by atoms with van der Waals surface area (Å²) in [6.07, 6.45) is 4.69. The fourth-order valence-corrected chi connectivity index (χ4v) is 6.42. The lowest BCUT2D eigenvalue weighted by atomic mass is 9.93. The summed E-state index contributed by atoms with van der Waals surface area (Å²) >= 11 is 0. The molecule has 0 spiro atoms. The molecule has 6 rings (SSSR count). The highest BCUT2D eigenvalue weighted by molar-refractivity contribution is 7.92. The number of aliphatic hydroxyl groups is 1. The highest BCUT2D eigenvalue weighted by Gasteiger charge is 2.22. The molecule has 0 amide bonds. The largest absolute Gasteiger partial charge is 0.393 e. The van der Waals surface area contributed by atoms with Crippen LogP contribution in [0.3, 0.4) is 0 Å². The van der Waals surface area contributed by atoms with Crippen LogP contribution in [-0.4, -0.2) is 71.5 Å². The number of nitrogens with one attached hydrogen (secondary N) is 3. The predicted octanol–water partition coefficient (Wildman–Crippen LogP) is 3.94. The van der Waals surface area contributed by atoms with Gasteiger partial charge in [-0.1, -0.05) is 0 Å². The number of sulfonamides is 1. The smallest absolute Gasteiger partial charge is 0.261 e. The van der Waals surface area contributed by atoms with Crippen LogP contribution in [-0.2, 0) is 21.3 Å².